The molecule has 154 valence electrons. The second-order valence-corrected chi connectivity index (χ2v) is 6.91. The Hall–Kier alpha value is -3.22. The second kappa shape index (κ2) is 9.82. The van der Waals surface area contributed by atoms with Crippen molar-refractivity contribution >= 4 is 11.9 Å². The number of methoxy groups -OCH3 is 2. The molecule has 0 radical (unpaired) electrons. The van der Waals surface area contributed by atoms with E-state index in [4.69, 9.17) is 9.47 Å². The summed E-state index contributed by atoms with van der Waals surface area (Å²) in [6.07, 6.45) is 1.46. The van der Waals surface area contributed by atoms with Crippen LogP contribution in [0.4, 0.5) is 4.79 Å². The molecular weight excluding hydrogens is 370 g/mol. The van der Waals surface area contributed by atoms with Gasteiger partial charge in [-0.25, -0.2) is 4.79 Å². The number of hydrogen-bond donors (Lipinski definition) is 2. The molecule has 1 aliphatic heterocycles. The molecule has 2 aromatic rings. The van der Waals surface area contributed by atoms with Crippen LogP contribution in [-0.2, 0) is 6.54 Å². The third-order valence-corrected chi connectivity index (χ3v) is 5.06. The van der Waals surface area contributed by atoms with Gasteiger partial charge in [-0.2, -0.15) is 0 Å². The van der Waals surface area contributed by atoms with Crippen molar-refractivity contribution in [2.45, 2.75) is 25.4 Å². The third-order valence-electron chi connectivity index (χ3n) is 5.06. The molecule has 1 saturated heterocycles. The van der Waals surface area contributed by atoms with Crippen LogP contribution in [-0.4, -0.2) is 50.2 Å². The van der Waals surface area contributed by atoms with E-state index < -0.39 is 0 Å². The Morgan fingerprint density at radius 2 is 1.72 bits per heavy atom. The standard InChI is InChI=1S/C22H27N3O4/c1-28-19-10-6-9-17(20(19)29-2)15-23-22(27)24-18-11-13-25(14-12-18)21(26)16-7-4-3-5-8-16/h3-10,18H,11-15H2,1-2H3,(H2,23,24,27). The number of ether oxygens (including phenoxy) is 2. The summed E-state index contributed by atoms with van der Waals surface area (Å²) in [5.41, 5.74) is 1.54. The number of para-hydroxylation sites is 1. The fourth-order valence-electron chi connectivity index (χ4n) is 3.50. The lowest BCUT2D eigenvalue weighted by atomic mass is 10.0. The Bertz CT molecular complexity index is 833. The number of likely N-dealkylation sites (tertiary alicyclic amines) is 1. The highest BCUT2D eigenvalue weighted by atomic mass is 16.5. The molecule has 1 heterocycles. The third kappa shape index (κ3) is 5.19. The molecule has 29 heavy (non-hydrogen) atoms. The molecule has 2 aromatic carbocycles. The first kappa shape index (κ1) is 20.5. The number of nitrogens with one attached hydrogen (secondary N) is 2. The van der Waals surface area contributed by atoms with E-state index in [2.05, 4.69) is 10.6 Å². The molecule has 1 fully saturated rings. The number of carbonyl (C=O) groups excluding carboxylic acids is 2. The van der Waals surface area contributed by atoms with Gasteiger partial charge in [-0.1, -0.05) is 30.3 Å². The van der Waals surface area contributed by atoms with E-state index in [1.165, 1.54) is 0 Å². The minimum absolute atomic E-state index is 0.0404. The van der Waals surface area contributed by atoms with Crippen molar-refractivity contribution in [1.82, 2.24) is 15.5 Å². The molecule has 7 heteroatoms. The molecular formula is C22H27N3O4. The van der Waals surface area contributed by atoms with Crippen LogP contribution in [0.3, 0.4) is 0 Å². The van der Waals surface area contributed by atoms with Gasteiger partial charge in [-0.15, -0.1) is 0 Å². The molecule has 2 N–H and O–H groups in total. The van der Waals surface area contributed by atoms with Gasteiger partial charge in [0.25, 0.3) is 5.91 Å². The summed E-state index contributed by atoms with van der Waals surface area (Å²) in [7, 11) is 3.16. The van der Waals surface area contributed by atoms with E-state index >= 15 is 0 Å². The number of urea groups is 1. The topological polar surface area (TPSA) is 79.9 Å². The Morgan fingerprint density at radius 3 is 2.38 bits per heavy atom. The summed E-state index contributed by atoms with van der Waals surface area (Å²) in [5, 5.41) is 5.86. The molecule has 0 spiro atoms. The van der Waals surface area contributed by atoms with Crippen molar-refractivity contribution in [1.29, 1.82) is 0 Å². The highest BCUT2D eigenvalue weighted by Gasteiger charge is 2.24. The molecule has 3 rings (SSSR count). The number of benzene rings is 2. The second-order valence-electron chi connectivity index (χ2n) is 6.91. The lowest BCUT2D eigenvalue weighted by molar-refractivity contribution is 0.0708. The predicted octanol–water partition coefficient (Wildman–Crippen LogP) is 2.81. The smallest absolute Gasteiger partial charge is 0.315 e. The highest BCUT2D eigenvalue weighted by molar-refractivity contribution is 5.94. The van der Waals surface area contributed by atoms with Gasteiger partial charge >= 0.3 is 6.03 Å². The zero-order valence-corrected chi connectivity index (χ0v) is 16.8. The molecule has 7 nitrogen and oxygen atoms in total. The first-order valence-corrected chi connectivity index (χ1v) is 9.71. The van der Waals surface area contributed by atoms with E-state index in [0.29, 0.717) is 36.7 Å². The number of rotatable bonds is 6. The van der Waals surface area contributed by atoms with Gasteiger partial charge in [0.05, 0.1) is 14.2 Å². The Kier molecular flexibility index (Phi) is 6.94. The number of nitrogens with zero attached hydrogens (tertiary/aromatic N) is 1. The summed E-state index contributed by atoms with van der Waals surface area (Å²) in [6, 6.07) is 14.6. The van der Waals surface area contributed by atoms with Gasteiger partial charge < -0.3 is 25.0 Å². The molecule has 1 aliphatic rings. The van der Waals surface area contributed by atoms with Crippen LogP contribution in [0.5, 0.6) is 11.5 Å². The van der Waals surface area contributed by atoms with E-state index in [1.807, 2.05) is 53.4 Å². The monoisotopic (exact) mass is 397 g/mol. The molecule has 0 unspecified atom stereocenters. The molecule has 3 amide bonds. The number of hydrogen-bond acceptors (Lipinski definition) is 4. The number of piperidine rings is 1. The van der Waals surface area contributed by atoms with Gasteiger partial charge in [0.15, 0.2) is 11.5 Å². The number of amides is 3. The van der Waals surface area contributed by atoms with Gasteiger partial charge in [0.1, 0.15) is 0 Å². The maximum Gasteiger partial charge on any atom is 0.315 e. The fourth-order valence-corrected chi connectivity index (χ4v) is 3.50. The van der Waals surface area contributed by atoms with Crippen LogP contribution in [0.15, 0.2) is 48.5 Å². The van der Waals surface area contributed by atoms with Crippen LogP contribution < -0.4 is 20.1 Å². The average Bonchev–Trinajstić information content (AvgIpc) is 2.78. The minimum Gasteiger partial charge on any atom is -0.493 e. The first-order chi connectivity index (χ1) is 14.1. The normalized spacial score (nSPS) is 14.2. The molecule has 0 aromatic heterocycles. The van der Waals surface area contributed by atoms with Gasteiger partial charge in [-0.3, -0.25) is 4.79 Å². The molecule has 0 bridgehead atoms. The van der Waals surface area contributed by atoms with Crippen LogP contribution >= 0.6 is 0 Å². The molecule has 0 aliphatic carbocycles. The quantitative estimate of drug-likeness (QED) is 0.786. The van der Waals surface area contributed by atoms with Crippen molar-refractivity contribution in [2.24, 2.45) is 0 Å². The van der Waals surface area contributed by atoms with Crippen molar-refractivity contribution in [2.75, 3.05) is 27.3 Å². The van der Waals surface area contributed by atoms with E-state index in [-0.39, 0.29) is 18.0 Å². The lowest BCUT2D eigenvalue weighted by Crippen LogP contribution is -2.49. The predicted molar refractivity (Wildman–Crippen MR) is 110 cm³/mol. The SMILES string of the molecule is COc1cccc(CNC(=O)NC2CCN(C(=O)c3ccccc3)CC2)c1OC. The maximum atomic E-state index is 12.5. The average molecular weight is 397 g/mol. The van der Waals surface area contributed by atoms with Gasteiger partial charge in [-0.05, 0) is 31.0 Å². The van der Waals surface area contributed by atoms with Crippen LogP contribution in [0.1, 0.15) is 28.8 Å². The zero-order chi connectivity index (χ0) is 20.6. The van der Waals surface area contributed by atoms with Gasteiger partial charge in [0.2, 0.25) is 0 Å². The summed E-state index contributed by atoms with van der Waals surface area (Å²) in [6.45, 7) is 1.59. The van der Waals surface area contributed by atoms with Crippen molar-refractivity contribution in [3.63, 3.8) is 0 Å². The molecule has 0 atom stereocenters. The Labute approximate surface area is 171 Å². The van der Waals surface area contributed by atoms with E-state index in [0.717, 1.165) is 18.4 Å². The van der Waals surface area contributed by atoms with Crippen LogP contribution in [0, 0.1) is 0 Å². The highest BCUT2D eigenvalue weighted by Crippen LogP contribution is 2.30. The summed E-state index contributed by atoms with van der Waals surface area (Å²) >= 11 is 0. The summed E-state index contributed by atoms with van der Waals surface area (Å²) in [5.74, 6) is 1.28. The van der Waals surface area contributed by atoms with Crippen molar-refractivity contribution in [3.05, 3.63) is 59.7 Å². The minimum atomic E-state index is -0.234. The number of carbonyl (C=O) groups is 2. The van der Waals surface area contributed by atoms with E-state index in [9.17, 15) is 9.59 Å². The zero-order valence-electron chi connectivity index (χ0n) is 16.8. The maximum absolute atomic E-state index is 12.5. The van der Waals surface area contributed by atoms with Gasteiger partial charge in [0, 0.05) is 36.8 Å². The fraction of sp³-hybridized carbons (Fsp3) is 0.364. The van der Waals surface area contributed by atoms with E-state index in [1.54, 1.807) is 14.2 Å². The summed E-state index contributed by atoms with van der Waals surface area (Å²) < 4.78 is 10.7. The largest absolute Gasteiger partial charge is 0.493 e. The van der Waals surface area contributed by atoms with Crippen LogP contribution in [0.2, 0.25) is 0 Å². The van der Waals surface area contributed by atoms with Crippen LogP contribution in [0.25, 0.3) is 0 Å². The first-order valence-electron chi connectivity index (χ1n) is 9.71. The molecule has 0 saturated carbocycles. The van der Waals surface area contributed by atoms with Crippen molar-refractivity contribution in [3.8, 4) is 11.5 Å². The lowest BCUT2D eigenvalue weighted by Gasteiger charge is -2.32. The Morgan fingerprint density at radius 1 is 1.00 bits per heavy atom. The summed E-state index contributed by atoms with van der Waals surface area (Å²) in [4.78, 5) is 26.6. The van der Waals surface area contributed by atoms with Crippen molar-refractivity contribution < 1.29 is 19.1 Å². The Balaban J connectivity index is 1.46.